The van der Waals surface area contributed by atoms with Crippen molar-refractivity contribution in [1.82, 2.24) is 4.90 Å². The highest BCUT2D eigenvalue weighted by Gasteiger charge is 2.34. The Morgan fingerprint density at radius 2 is 0.746 bits per heavy atom. The average molecular weight is 907 g/mol. The maximum Gasteiger partial charge on any atom is 0.305 e. The lowest BCUT2D eigenvalue weighted by atomic mass is 9.92. The van der Waals surface area contributed by atoms with Crippen LogP contribution >= 0.6 is 0 Å². The maximum atomic E-state index is 13.0. The van der Waals surface area contributed by atoms with Crippen LogP contribution in [0.1, 0.15) is 38.5 Å². The zero-order valence-electron chi connectivity index (χ0n) is 37.4. The van der Waals surface area contributed by atoms with Crippen LogP contribution in [0.4, 0.5) is 0 Å². The highest BCUT2D eigenvalue weighted by atomic mass is 16.6. The summed E-state index contributed by atoms with van der Waals surface area (Å²) in [4.78, 5) is 23.5. The second-order valence-corrected chi connectivity index (χ2v) is 14.1. The molecular formula is C39H74N10O14. The Labute approximate surface area is 371 Å². The lowest BCUT2D eigenvalue weighted by Crippen LogP contribution is -2.43. The number of piperidine rings is 1. The number of azide groups is 3. The first-order valence-electron chi connectivity index (χ1n) is 22.0. The van der Waals surface area contributed by atoms with Crippen LogP contribution in [-0.4, -0.2) is 215 Å². The van der Waals surface area contributed by atoms with Gasteiger partial charge in [-0.25, -0.2) is 0 Å². The van der Waals surface area contributed by atoms with Gasteiger partial charge >= 0.3 is 5.97 Å². The van der Waals surface area contributed by atoms with Crippen LogP contribution in [0.2, 0.25) is 0 Å². The van der Waals surface area contributed by atoms with Gasteiger partial charge in [0.2, 0.25) is 0 Å². The van der Waals surface area contributed by atoms with Crippen molar-refractivity contribution in [2.75, 3.05) is 204 Å². The van der Waals surface area contributed by atoms with Gasteiger partial charge in [0.15, 0.2) is 0 Å². The van der Waals surface area contributed by atoms with E-state index in [1.54, 1.807) is 0 Å². The number of esters is 1. The van der Waals surface area contributed by atoms with E-state index in [1.165, 1.54) is 19.3 Å². The first-order chi connectivity index (χ1) is 31.2. The molecule has 0 aliphatic carbocycles. The fraction of sp³-hybridized carbons (Fsp3) is 0.974. The van der Waals surface area contributed by atoms with E-state index in [-0.39, 0.29) is 71.9 Å². The van der Waals surface area contributed by atoms with Gasteiger partial charge in [0, 0.05) is 40.8 Å². The lowest BCUT2D eigenvalue weighted by molar-refractivity contribution is -0.157. The van der Waals surface area contributed by atoms with E-state index in [9.17, 15) is 4.79 Å². The smallest absolute Gasteiger partial charge is 0.305 e. The van der Waals surface area contributed by atoms with Gasteiger partial charge < -0.3 is 66.5 Å². The minimum absolute atomic E-state index is 0.0247. The van der Waals surface area contributed by atoms with Gasteiger partial charge in [0.05, 0.1) is 164 Å². The largest absolute Gasteiger partial charge is 0.465 e. The fourth-order valence-electron chi connectivity index (χ4n) is 5.64. The van der Waals surface area contributed by atoms with Crippen LogP contribution in [0.5, 0.6) is 0 Å². The molecule has 0 bridgehead atoms. The van der Waals surface area contributed by atoms with Gasteiger partial charge in [-0.3, -0.25) is 4.79 Å². The topological polar surface area (TPSA) is 287 Å². The summed E-state index contributed by atoms with van der Waals surface area (Å²) in [5.74, 6) is -0.281. The van der Waals surface area contributed by atoms with E-state index in [0.717, 1.165) is 32.5 Å². The molecule has 0 atom stereocenters. The molecule has 364 valence electrons. The Morgan fingerprint density at radius 3 is 1.08 bits per heavy atom. The van der Waals surface area contributed by atoms with E-state index < -0.39 is 5.41 Å². The number of hydrogen-bond donors (Lipinski definition) is 0. The molecule has 0 aromatic rings. The molecule has 24 nitrogen and oxygen atoms in total. The van der Waals surface area contributed by atoms with Crippen LogP contribution in [-0.2, 0) is 66.4 Å². The van der Waals surface area contributed by atoms with E-state index in [2.05, 4.69) is 35.0 Å². The number of unbranched alkanes of at least 4 members (excludes halogenated alkanes) is 1. The van der Waals surface area contributed by atoms with Crippen molar-refractivity contribution in [3.63, 3.8) is 0 Å². The first-order valence-corrected chi connectivity index (χ1v) is 22.0. The molecule has 1 aliphatic rings. The van der Waals surface area contributed by atoms with Crippen molar-refractivity contribution in [2.45, 2.75) is 38.5 Å². The van der Waals surface area contributed by atoms with E-state index in [1.807, 2.05) is 0 Å². The summed E-state index contributed by atoms with van der Waals surface area (Å²) >= 11 is 0. The molecule has 0 unspecified atom stereocenters. The molecule has 1 saturated heterocycles. The number of likely N-dealkylation sites (tertiary alicyclic amines) is 1. The van der Waals surface area contributed by atoms with Gasteiger partial charge in [0.1, 0.15) is 6.61 Å². The number of rotatable bonds is 49. The van der Waals surface area contributed by atoms with Crippen LogP contribution in [0.25, 0.3) is 31.3 Å². The molecule has 0 aromatic heterocycles. The van der Waals surface area contributed by atoms with Gasteiger partial charge in [0.25, 0.3) is 0 Å². The third kappa shape index (κ3) is 40.2. The molecular weight excluding hydrogens is 832 g/mol. The van der Waals surface area contributed by atoms with Crippen molar-refractivity contribution in [3.8, 4) is 0 Å². The van der Waals surface area contributed by atoms with E-state index >= 15 is 0 Å². The quantitative estimate of drug-likeness (QED) is 0.0270. The van der Waals surface area contributed by atoms with Crippen molar-refractivity contribution in [1.29, 1.82) is 0 Å². The summed E-state index contributed by atoms with van der Waals surface area (Å²) in [5.41, 5.74) is 24.1. The minimum Gasteiger partial charge on any atom is -0.465 e. The summed E-state index contributed by atoms with van der Waals surface area (Å²) in [6.45, 7) is 12.0. The summed E-state index contributed by atoms with van der Waals surface area (Å²) in [6, 6.07) is 0. The number of carbonyl (C=O) groups excluding carboxylic acids is 1. The Hall–Kier alpha value is -3.12. The summed E-state index contributed by atoms with van der Waals surface area (Å²) in [6.07, 6.45) is 5.74. The molecule has 0 N–H and O–H groups in total. The Bertz CT molecular complexity index is 1090. The van der Waals surface area contributed by atoms with Crippen LogP contribution < -0.4 is 0 Å². The van der Waals surface area contributed by atoms with Crippen LogP contribution in [0.15, 0.2) is 15.3 Å². The molecule has 0 amide bonds. The summed E-state index contributed by atoms with van der Waals surface area (Å²) < 4.78 is 73.7. The minimum atomic E-state index is -0.839. The fourth-order valence-corrected chi connectivity index (χ4v) is 5.64. The zero-order chi connectivity index (χ0) is 45.3. The molecule has 0 saturated carbocycles. The molecule has 24 heteroatoms. The van der Waals surface area contributed by atoms with Crippen molar-refractivity contribution < 1.29 is 66.4 Å². The maximum absolute atomic E-state index is 13.0. The number of hydrogen-bond acceptors (Lipinski definition) is 18. The van der Waals surface area contributed by atoms with E-state index in [0.29, 0.717) is 125 Å². The third-order valence-electron chi connectivity index (χ3n) is 8.86. The van der Waals surface area contributed by atoms with Crippen molar-refractivity contribution >= 4 is 5.97 Å². The van der Waals surface area contributed by atoms with Gasteiger partial charge in [-0.2, -0.15) is 0 Å². The molecule has 0 radical (unpaired) electrons. The first kappa shape index (κ1) is 57.9. The van der Waals surface area contributed by atoms with Crippen molar-refractivity contribution in [2.24, 2.45) is 20.8 Å². The number of nitrogens with zero attached hydrogens (tertiary/aromatic N) is 10. The standard InChI is InChI=1S/C39H74N10O14/c40-46-43-7-13-51-16-19-54-22-25-57-28-31-60-34-39(37-63-38(50)6-2-5-12-49-10-3-1-4-11-49,35-61-32-29-58-26-23-55-20-17-52-14-8-44-47-41)36-62-33-30-59-27-24-56-21-18-53-15-9-45-48-42/h1-37H2. The van der Waals surface area contributed by atoms with Crippen molar-refractivity contribution in [3.05, 3.63) is 31.3 Å². The molecule has 1 aliphatic heterocycles. The highest BCUT2D eigenvalue weighted by Crippen LogP contribution is 2.22. The van der Waals surface area contributed by atoms with Gasteiger partial charge in [-0.1, -0.05) is 21.8 Å². The van der Waals surface area contributed by atoms with Crippen LogP contribution in [0.3, 0.4) is 0 Å². The number of ether oxygens (including phenoxy) is 13. The molecule has 1 fully saturated rings. The van der Waals surface area contributed by atoms with Gasteiger partial charge in [-0.15, -0.1) is 0 Å². The number of carbonyl (C=O) groups is 1. The predicted octanol–water partition coefficient (Wildman–Crippen LogP) is 4.30. The van der Waals surface area contributed by atoms with Crippen LogP contribution in [0, 0.1) is 5.41 Å². The second-order valence-electron chi connectivity index (χ2n) is 14.1. The molecule has 1 rings (SSSR count). The summed E-state index contributed by atoms with van der Waals surface area (Å²) in [5, 5.41) is 10.2. The normalized spacial score (nSPS) is 13.8. The Kier molecular flexibility index (Phi) is 43.1. The highest BCUT2D eigenvalue weighted by molar-refractivity contribution is 5.69. The predicted molar refractivity (Wildman–Crippen MR) is 229 cm³/mol. The SMILES string of the molecule is [N-]=[N+]=NCCOCCOCCOCCOCC(COCCOCCOCCOCCN=[N+]=[N-])(COCCOCCOCCOCCN=[N+]=[N-])COC(=O)CCCCN1CCCCC1. The molecule has 0 spiro atoms. The Morgan fingerprint density at radius 1 is 0.429 bits per heavy atom. The lowest BCUT2D eigenvalue weighted by Gasteiger charge is -2.32. The Balaban J connectivity index is 2.64. The average Bonchev–Trinajstić information content (AvgIpc) is 3.30. The zero-order valence-corrected chi connectivity index (χ0v) is 37.4. The van der Waals surface area contributed by atoms with Gasteiger partial charge in [-0.05, 0) is 61.9 Å². The second kappa shape index (κ2) is 46.9. The summed E-state index contributed by atoms with van der Waals surface area (Å²) in [7, 11) is 0. The monoisotopic (exact) mass is 907 g/mol. The molecule has 63 heavy (non-hydrogen) atoms. The molecule has 0 aromatic carbocycles. The van der Waals surface area contributed by atoms with E-state index in [4.69, 9.17) is 78.2 Å². The third-order valence-corrected chi connectivity index (χ3v) is 8.86. The molecule has 1 heterocycles.